The van der Waals surface area contributed by atoms with Gasteiger partial charge in [-0.05, 0) is 12.8 Å². The molecule has 2 atom stereocenters. The third-order valence-corrected chi connectivity index (χ3v) is 3.80. The van der Waals surface area contributed by atoms with Gasteiger partial charge in [-0.15, -0.1) is 11.6 Å². The van der Waals surface area contributed by atoms with Crippen LogP contribution in [0.4, 0.5) is 0 Å². The number of ether oxygens (including phenoxy) is 3. The van der Waals surface area contributed by atoms with Crippen LogP contribution in [-0.2, 0) is 14.2 Å². The number of rotatable bonds is 3. The van der Waals surface area contributed by atoms with Crippen molar-refractivity contribution in [2.45, 2.75) is 50.1 Å². The molecule has 2 aliphatic rings. The largest absolute Gasteiger partial charge is 0.373 e. The van der Waals surface area contributed by atoms with E-state index in [4.69, 9.17) is 25.8 Å². The molecule has 0 radical (unpaired) electrons. The van der Waals surface area contributed by atoms with Gasteiger partial charge in [-0.3, -0.25) is 0 Å². The van der Waals surface area contributed by atoms with Crippen LogP contribution in [0.2, 0.25) is 0 Å². The van der Waals surface area contributed by atoms with Gasteiger partial charge in [-0.25, -0.2) is 0 Å². The molecule has 2 unspecified atom stereocenters. The average Bonchev–Trinajstić information content (AvgIpc) is 2.79. The first kappa shape index (κ1) is 11.6. The van der Waals surface area contributed by atoms with Crippen molar-refractivity contribution < 1.29 is 14.2 Å². The summed E-state index contributed by atoms with van der Waals surface area (Å²) in [5, 5.41) is 0. The molecule has 0 aromatic heterocycles. The first-order valence-electron chi connectivity index (χ1n) is 5.69. The maximum atomic E-state index is 5.77. The Kier molecular flexibility index (Phi) is 3.88. The van der Waals surface area contributed by atoms with Crippen LogP contribution in [0.5, 0.6) is 0 Å². The number of hydrogen-bond acceptors (Lipinski definition) is 3. The van der Waals surface area contributed by atoms with E-state index in [9.17, 15) is 0 Å². The summed E-state index contributed by atoms with van der Waals surface area (Å²) in [6.45, 7) is 0.597. The summed E-state index contributed by atoms with van der Waals surface area (Å²) in [4.78, 5) is 0. The lowest BCUT2D eigenvalue weighted by Crippen LogP contribution is -2.46. The topological polar surface area (TPSA) is 27.7 Å². The van der Waals surface area contributed by atoms with E-state index < -0.39 is 0 Å². The molecule has 1 saturated heterocycles. The van der Waals surface area contributed by atoms with Crippen LogP contribution in [-0.4, -0.2) is 37.6 Å². The Balaban J connectivity index is 1.99. The van der Waals surface area contributed by atoms with Gasteiger partial charge in [0.1, 0.15) is 5.60 Å². The molecular weight excluding hydrogens is 216 g/mol. The van der Waals surface area contributed by atoms with E-state index in [2.05, 4.69) is 0 Å². The molecule has 0 N–H and O–H groups in total. The molecule has 4 heteroatoms. The van der Waals surface area contributed by atoms with Gasteiger partial charge in [0.05, 0.1) is 18.6 Å². The minimum Gasteiger partial charge on any atom is -0.373 e. The van der Waals surface area contributed by atoms with Crippen LogP contribution in [0.1, 0.15) is 32.1 Å². The Hall–Kier alpha value is 0.170. The summed E-state index contributed by atoms with van der Waals surface area (Å²) in [5.41, 5.74) is -0.223. The minimum absolute atomic E-state index is 0.0330. The van der Waals surface area contributed by atoms with Crippen molar-refractivity contribution in [3.63, 3.8) is 0 Å². The van der Waals surface area contributed by atoms with Crippen molar-refractivity contribution >= 4 is 11.6 Å². The van der Waals surface area contributed by atoms with Crippen molar-refractivity contribution in [2.75, 3.05) is 19.6 Å². The van der Waals surface area contributed by atoms with E-state index in [0.29, 0.717) is 12.5 Å². The fraction of sp³-hybridized carbons (Fsp3) is 1.00. The molecule has 1 aliphatic heterocycles. The summed E-state index contributed by atoms with van der Waals surface area (Å²) in [6, 6.07) is 0. The number of methoxy groups -OCH3 is 1. The van der Waals surface area contributed by atoms with E-state index in [1.165, 1.54) is 19.3 Å². The van der Waals surface area contributed by atoms with Gasteiger partial charge in [-0.1, -0.05) is 19.3 Å². The van der Waals surface area contributed by atoms with Gasteiger partial charge in [0, 0.05) is 7.11 Å². The highest BCUT2D eigenvalue weighted by Crippen LogP contribution is 2.38. The molecule has 1 aliphatic carbocycles. The predicted octanol–water partition coefficient (Wildman–Crippen LogP) is 2.32. The minimum atomic E-state index is -0.223. The van der Waals surface area contributed by atoms with Gasteiger partial charge >= 0.3 is 0 Å². The van der Waals surface area contributed by atoms with E-state index in [1.807, 2.05) is 0 Å². The molecule has 0 aromatic carbocycles. The molecular formula is C11H19ClO3. The lowest BCUT2D eigenvalue weighted by molar-refractivity contribution is -0.212. The smallest absolute Gasteiger partial charge is 0.187 e. The monoisotopic (exact) mass is 234 g/mol. The summed E-state index contributed by atoms with van der Waals surface area (Å²) in [7, 11) is 1.76. The molecule has 2 fully saturated rings. The van der Waals surface area contributed by atoms with Gasteiger partial charge < -0.3 is 14.2 Å². The molecule has 0 aromatic rings. The molecule has 2 rings (SSSR count). The number of alkyl halides is 1. The van der Waals surface area contributed by atoms with Crippen LogP contribution < -0.4 is 0 Å². The zero-order chi connectivity index (χ0) is 10.7. The zero-order valence-electron chi connectivity index (χ0n) is 9.21. The third kappa shape index (κ3) is 2.31. The molecule has 0 bridgehead atoms. The Bertz CT molecular complexity index is 204. The van der Waals surface area contributed by atoms with E-state index >= 15 is 0 Å². The first-order valence-corrected chi connectivity index (χ1v) is 6.22. The van der Waals surface area contributed by atoms with Crippen LogP contribution >= 0.6 is 11.6 Å². The Morgan fingerprint density at radius 2 is 2.07 bits per heavy atom. The van der Waals surface area contributed by atoms with E-state index in [1.54, 1.807) is 7.11 Å². The van der Waals surface area contributed by atoms with E-state index in [0.717, 1.165) is 12.8 Å². The standard InChI is InChI=1S/C11H19ClO3/c1-13-11(5-3-2-4-6-11)10-14-8-9(7-12)15-10/h9-10H,2-8H2,1H3. The Labute approximate surface area is 96.0 Å². The molecule has 1 saturated carbocycles. The van der Waals surface area contributed by atoms with Gasteiger partial charge in [0.2, 0.25) is 0 Å². The fourth-order valence-corrected chi connectivity index (χ4v) is 2.65. The lowest BCUT2D eigenvalue weighted by Gasteiger charge is -2.39. The second kappa shape index (κ2) is 5.00. The van der Waals surface area contributed by atoms with Gasteiger partial charge in [0.15, 0.2) is 6.29 Å². The third-order valence-electron chi connectivity index (χ3n) is 3.46. The van der Waals surface area contributed by atoms with Crippen LogP contribution in [0.25, 0.3) is 0 Å². The highest BCUT2D eigenvalue weighted by molar-refractivity contribution is 6.18. The SMILES string of the molecule is COC1(C2OCC(CCl)O2)CCCCC1. The van der Waals surface area contributed by atoms with Gasteiger partial charge in [-0.2, -0.15) is 0 Å². The van der Waals surface area contributed by atoms with Gasteiger partial charge in [0.25, 0.3) is 0 Å². The fourth-order valence-electron chi connectivity index (χ4n) is 2.49. The van der Waals surface area contributed by atoms with Crippen LogP contribution in [0.15, 0.2) is 0 Å². The average molecular weight is 235 g/mol. The second-order valence-electron chi connectivity index (χ2n) is 4.41. The summed E-state index contributed by atoms with van der Waals surface area (Å²) >= 11 is 5.75. The maximum absolute atomic E-state index is 5.77. The number of halogens is 1. The van der Waals surface area contributed by atoms with E-state index in [-0.39, 0.29) is 18.0 Å². The van der Waals surface area contributed by atoms with Crippen molar-refractivity contribution in [1.29, 1.82) is 0 Å². The normalized spacial score (nSPS) is 35.6. The summed E-state index contributed by atoms with van der Waals surface area (Å²) < 4.78 is 17.1. The molecule has 0 amide bonds. The van der Waals surface area contributed by atoms with Crippen LogP contribution in [0, 0.1) is 0 Å². The molecule has 1 heterocycles. The lowest BCUT2D eigenvalue weighted by atomic mass is 9.84. The Morgan fingerprint density at radius 1 is 1.33 bits per heavy atom. The second-order valence-corrected chi connectivity index (χ2v) is 4.72. The first-order chi connectivity index (χ1) is 7.30. The zero-order valence-corrected chi connectivity index (χ0v) is 9.96. The summed E-state index contributed by atoms with van der Waals surface area (Å²) in [5.74, 6) is 0.496. The summed E-state index contributed by atoms with van der Waals surface area (Å²) in [6.07, 6.45) is 5.56. The number of hydrogen-bond donors (Lipinski definition) is 0. The van der Waals surface area contributed by atoms with Crippen molar-refractivity contribution in [1.82, 2.24) is 0 Å². The van der Waals surface area contributed by atoms with Crippen molar-refractivity contribution in [3.05, 3.63) is 0 Å². The molecule has 88 valence electrons. The maximum Gasteiger partial charge on any atom is 0.187 e. The van der Waals surface area contributed by atoms with Crippen molar-refractivity contribution in [2.24, 2.45) is 0 Å². The molecule has 3 nitrogen and oxygen atoms in total. The highest BCUT2D eigenvalue weighted by Gasteiger charge is 2.45. The van der Waals surface area contributed by atoms with Crippen LogP contribution in [0.3, 0.4) is 0 Å². The quantitative estimate of drug-likeness (QED) is 0.702. The highest BCUT2D eigenvalue weighted by atomic mass is 35.5. The Morgan fingerprint density at radius 3 is 2.60 bits per heavy atom. The predicted molar refractivity (Wildman–Crippen MR) is 58.2 cm³/mol. The molecule has 0 spiro atoms. The van der Waals surface area contributed by atoms with Crippen molar-refractivity contribution in [3.8, 4) is 0 Å². The molecule has 15 heavy (non-hydrogen) atoms.